The number of thiazole rings is 1. The number of aryl methyl sites for hydroxylation is 2. The Bertz CT molecular complexity index is 1150. The highest BCUT2D eigenvalue weighted by molar-refractivity contribution is 7.11. The summed E-state index contributed by atoms with van der Waals surface area (Å²) in [5.74, 6) is 0.208. The van der Waals surface area contributed by atoms with Gasteiger partial charge in [0.05, 0.1) is 29.2 Å². The van der Waals surface area contributed by atoms with Gasteiger partial charge in [-0.2, -0.15) is 13.2 Å². The average molecular weight is 449 g/mol. The van der Waals surface area contributed by atoms with E-state index in [1.54, 1.807) is 29.5 Å². The van der Waals surface area contributed by atoms with E-state index in [9.17, 15) is 18.0 Å². The number of fused-ring (bicyclic) bond motifs is 2. The van der Waals surface area contributed by atoms with Gasteiger partial charge in [-0.15, -0.1) is 11.3 Å². The van der Waals surface area contributed by atoms with Crippen LogP contribution in [0.15, 0.2) is 29.1 Å². The molecule has 31 heavy (non-hydrogen) atoms. The fourth-order valence-corrected chi connectivity index (χ4v) is 5.91. The van der Waals surface area contributed by atoms with Crippen LogP contribution < -0.4 is 5.56 Å². The van der Waals surface area contributed by atoms with Gasteiger partial charge in [0.15, 0.2) is 0 Å². The molecular formula is C22H23F3N4OS. The summed E-state index contributed by atoms with van der Waals surface area (Å²) in [6.45, 7) is 0.00949. The molecule has 1 saturated heterocycles. The monoisotopic (exact) mass is 448 g/mol. The highest BCUT2D eigenvalue weighted by Crippen LogP contribution is 2.35. The Hall–Kier alpha value is -2.26. The second-order valence-electron chi connectivity index (χ2n) is 8.31. The summed E-state index contributed by atoms with van der Waals surface area (Å²) in [5.41, 5.74) is 0.992. The maximum absolute atomic E-state index is 13.4. The summed E-state index contributed by atoms with van der Waals surface area (Å²) in [6, 6.07) is 6.29. The summed E-state index contributed by atoms with van der Waals surface area (Å²) >= 11 is 1.72. The van der Waals surface area contributed by atoms with Crippen LogP contribution in [-0.4, -0.2) is 32.2 Å². The third-order valence-corrected chi connectivity index (χ3v) is 7.26. The standard InChI is InChI=1S/C22H23F3N4OS/c23-22(24,25)13-29-20(27-15-7-2-1-6-14(15)21(29)30)17-9-5-11-28(17)12-19-26-16-8-3-4-10-18(16)31-19/h1-2,6-7,17H,3-5,8-13H2. The van der Waals surface area contributed by atoms with Crippen molar-refractivity contribution >= 4 is 22.2 Å². The second-order valence-corrected chi connectivity index (χ2v) is 9.47. The van der Waals surface area contributed by atoms with Gasteiger partial charge in [0.1, 0.15) is 17.4 Å². The molecule has 0 N–H and O–H groups in total. The lowest BCUT2D eigenvalue weighted by Gasteiger charge is -2.26. The molecule has 0 spiro atoms. The highest BCUT2D eigenvalue weighted by atomic mass is 32.1. The minimum Gasteiger partial charge on any atom is -0.287 e. The number of alkyl halides is 3. The zero-order valence-electron chi connectivity index (χ0n) is 17.0. The van der Waals surface area contributed by atoms with Crippen LogP contribution in [0.4, 0.5) is 13.2 Å². The molecule has 3 heterocycles. The van der Waals surface area contributed by atoms with E-state index in [1.165, 1.54) is 23.1 Å². The molecule has 9 heteroatoms. The van der Waals surface area contributed by atoms with E-state index in [2.05, 4.69) is 9.88 Å². The smallest absolute Gasteiger partial charge is 0.287 e. The van der Waals surface area contributed by atoms with Crippen molar-refractivity contribution in [3.05, 3.63) is 56.0 Å². The number of likely N-dealkylation sites (tertiary alicyclic amines) is 1. The molecule has 1 unspecified atom stereocenters. The lowest BCUT2D eigenvalue weighted by atomic mass is 10.0. The van der Waals surface area contributed by atoms with Gasteiger partial charge in [0, 0.05) is 4.88 Å². The maximum Gasteiger partial charge on any atom is 0.406 e. The topological polar surface area (TPSA) is 51.0 Å². The molecule has 1 aromatic carbocycles. The minimum absolute atomic E-state index is 0.208. The van der Waals surface area contributed by atoms with Gasteiger partial charge in [0.2, 0.25) is 0 Å². The van der Waals surface area contributed by atoms with Crippen LogP contribution in [-0.2, 0) is 25.9 Å². The van der Waals surface area contributed by atoms with Crippen molar-refractivity contribution in [3.63, 3.8) is 0 Å². The van der Waals surface area contributed by atoms with Crippen LogP contribution in [0.3, 0.4) is 0 Å². The minimum atomic E-state index is -4.50. The van der Waals surface area contributed by atoms with Crippen LogP contribution in [0, 0.1) is 0 Å². The molecule has 0 saturated carbocycles. The van der Waals surface area contributed by atoms with Gasteiger partial charge in [-0.05, 0) is 57.2 Å². The Labute approximate surface area is 181 Å². The number of nitrogens with zero attached hydrogens (tertiary/aromatic N) is 4. The number of para-hydroxylation sites is 1. The maximum atomic E-state index is 13.4. The molecular weight excluding hydrogens is 425 g/mol. The molecule has 0 amide bonds. The van der Waals surface area contributed by atoms with E-state index in [0.29, 0.717) is 18.5 Å². The molecule has 164 valence electrons. The van der Waals surface area contributed by atoms with Crippen LogP contribution >= 0.6 is 11.3 Å². The molecule has 5 nitrogen and oxygen atoms in total. The Morgan fingerprint density at radius 1 is 1.10 bits per heavy atom. The molecule has 5 rings (SSSR count). The molecule has 0 radical (unpaired) electrons. The predicted molar refractivity (Wildman–Crippen MR) is 113 cm³/mol. The first kappa shape index (κ1) is 20.6. The summed E-state index contributed by atoms with van der Waals surface area (Å²) in [7, 11) is 0. The molecule has 2 aromatic heterocycles. The summed E-state index contributed by atoms with van der Waals surface area (Å²) < 4.78 is 40.9. The number of aromatic nitrogens is 3. The SMILES string of the molecule is O=c1c2ccccc2nc(C2CCCN2Cc2nc3c(s2)CCCC3)n1CC(F)(F)F. The third-order valence-electron chi connectivity index (χ3n) is 6.12. The van der Waals surface area contributed by atoms with E-state index in [0.717, 1.165) is 41.8 Å². The largest absolute Gasteiger partial charge is 0.406 e. The van der Waals surface area contributed by atoms with Crippen molar-refractivity contribution < 1.29 is 13.2 Å². The molecule has 1 fully saturated rings. The van der Waals surface area contributed by atoms with E-state index < -0.39 is 18.3 Å². The van der Waals surface area contributed by atoms with Crippen LogP contribution in [0.1, 0.15) is 53.1 Å². The predicted octanol–water partition coefficient (Wildman–Crippen LogP) is 4.63. The zero-order chi connectivity index (χ0) is 21.6. The van der Waals surface area contributed by atoms with E-state index >= 15 is 0 Å². The fraction of sp³-hybridized carbons (Fsp3) is 0.500. The Balaban J connectivity index is 1.53. The fourth-order valence-electron chi connectivity index (χ4n) is 4.73. The van der Waals surface area contributed by atoms with Crippen molar-refractivity contribution in [2.75, 3.05) is 6.54 Å². The molecule has 1 aliphatic carbocycles. The van der Waals surface area contributed by atoms with Crippen LogP contribution in [0.25, 0.3) is 10.9 Å². The number of benzene rings is 1. The van der Waals surface area contributed by atoms with Crippen molar-refractivity contribution in [2.45, 2.75) is 63.8 Å². The van der Waals surface area contributed by atoms with Crippen molar-refractivity contribution in [3.8, 4) is 0 Å². The Kier molecular flexibility index (Phi) is 5.34. The Morgan fingerprint density at radius 3 is 2.71 bits per heavy atom. The zero-order valence-corrected chi connectivity index (χ0v) is 17.8. The number of halogens is 3. The number of rotatable bonds is 4. The number of hydrogen-bond donors (Lipinski definition) is 0. The summed E-state index contributed by atoms with van der Waals surface area (Å²) in [5, 5.41) is 1.22. The van der Waals surface area contributed by atoms with Gasteiger partial charge in [-0.3, -0.25) is 14.3 Å². The first-order valence-corrected chi connectivity index (χ1v) is 11.5. The van der Waals surface area contributed by atoms with E-state index in [1.807, 2.05) is 0 Å². The quantitative estimate of drug-likeness (QED) is 0.584. The van der Waals surface area contributed by atoms with Gasteiger partial charge in [-0.25, -0.2) is 9.97 Å². The van der Waals surface area contributed by atoms with E-state index in [-0.39, 0.29) is 17.3 Å². The normalized spacial score (nSPS) is 19.8. The lowest BCUT2D eigenvalue weighted by Crippen LogP contribution is -2.35. The Morgan fingerprint density at radius 2 is 1.90 bits per heavy atom. The molecule has 2 aliphatic rings. The van der Waals surface area contributed by atoms with Gasteiger partial charge >= 0.3 is 6.18 Å². The number of hydrogen-bond acceptors (Lipinski definition) is 5. The van der Waals surface area contributed by atoms with Gasteiger partial charge in [0.25, 0.3) is 5.56 Å². The first-order chi connectivity index (χ1) is 14.9. The molecule has 1 aliphatic heterocycles. The highest BCUT2D eigenvalue weighted by Gasteiger charge is 2.35. The molecule has 0 bridgehead atoms. The summed E-state index contributed by atoms with van der Waals surface area (Å²) in [4.78, 5) is 25.8. The van der Waals surface area contributed by atoms with Crippen molar-refractivity contribution in [1.29, 1.82) is 0 Å². The van der Waals surface area contributed by atoms with Crippen molar-refractivity contribution in [1.82, 2.24) is 19.4 Å². The average Bonchev–Trinajstić information content (AvgIpc) is 3.35. The third kappa shape index (κ3) is 4.13. The van der Waals surface area contributed by atoms with Crippen molar-refractivity contribution in [2.24, 2.45) is 0 Å². The van der Waals surface area contributed by atoms with E-state index in [4.69, 9.17) is 4.98 Å². The van der Waals surface area contributed by atoms with Gasteiger partial charge in [-0.1, -0.05) is 12.1 Å². The van der Waals surface area contributed by atoms with Crippen LogP contribution in [0.2, 0.25) is 0 Å². The molecule has 1 atom stereocenters. The summed E-state index contributed by atoms with van der Waals surface area (Å²) in [6.07, 6.45) is 1.44. The molecule has 3 aromatic rings. The van der Waals surface area contributed by atoms with Crippen LogP contribution in [0.5, 0.6) is 0 Å². The second kappa shape index (κ2) is 8.02. The first-order valence-electron chi connectivity index (χ1n) is 10.7. The van der Waals surface area contributed by atoms with Gasteiger partial charge < -0.3 is 0 Å². The lowest BCUT2D eigenvalue weighted by molar-refractivity contribution is -0.142.